The number of hydrogen-bond donors (Lipinski definition) is 1. The highest BCUT2D eigenvalue weighted by molar-refractivity contribution is 7.11. The number of aromatic nitrogens is 1. The summed E-state index contributed by atoms with van der Waals surface area (Å²) >= 11 is 1.22. The van der Waals surface area contributed by atoms with Crippen LogP contribution in [0.3, 0.4) is 0 Å². The van der Waals surface area contributed by atoms with Gasteiger partial charge < -0.3 is 10.2 Å². The van der Waals surface area contributed by atoms with E-state index >= 15 is 0 Å². The molecule has 120 valence electrons. The summed E-state index contributed by atoms with van der Waals surface area (Å²) in [5.41, 5.74) is 1.42. The second-order valence-corrected chi connectivity index (χ2v) is 6.45. The van der Waals surface area contributed by atoms with Crippen LogP contribution >= 0.6 is 11.3 Å². The second kappa shape index (κ2) is 6.91. The van der Waals surface area contributed by atoms with Crippen LogP contribution in [-0.2, 0) is 6.54 Å². The van der Waals surface area contributed by atoms with E-state index in [2.05, 4.69) is 10.3 Å². The first-order valence-corrected chi connectivity index (χ1v) is 8.65. The third-order valence-corrected chi connectivity index (χ3v) is 4.56. The lowest BCUT2D eigenvalue weighted by atomic mass is 10.2. The SMILES string of the molecule is CCN(Cc1ccccc1)C(=O)c1csc(C(=O)NC2CC2)n1. The van der Waals surface area contributed by atoms with Crippen LogP contribution in [0.15, 0.2) is 35.7 Å². The van der Waals surface area contributed by atoms with Gasteiger partial charge in [0.15, 0.2) is 5.01 Å². The number of rotatable bonds is 6. The molecule has 0 atom stereocenters. The minimum atomic E-state index is -0.178. The van der Waals surface area contributed by atoms with Crippen LogP contribution in [0.4, 0.5) is 0 Å². The van der Waals surface area contributed by atoms with Crippen molar-refractivity contribution in [3.63, 3.8) is 0 Å². The van der Waals surface area contributed by atoms with Crippen molar-refractivity contribution in [2.24, 2.45) is 0 Å². The Morgan fingerprint density at radius 3 is 2.70 bits per heavy atom. The maximum atomic E-state index is 12.6. The third-order valence-electron chi connectivity index (χ3n) is 3.72. The Kier molecular flexibility index (Phi) is 4.71. The Balaban J connectivity index is 1.68. The number of benzene rings is 1. The molecule has 2 amide bonds. The van der Waals surface area contributed by atoms with Crippen molar-refractivity contribution in [2.75, 3.05) is 6.54 Å². The molecule has 5 nitrogen and oxygen atoms in total. The Labute approximate surface area is 139 Å². The summed E-state index contributed by atoms with van der Waals surface area (Å²) in [6.45, 7) is 3.07. The van der Waals surface area contributed by atoms with Crippen molar-refractivity contribution in [1.29, 1.82) is 0 Å². The molecule has 1 fully saturated rings. The Morgan fingerprint density at radius 2 is 2.04 bits per heavy atom. The van der Waals surface area contributed by atoms with E-state index in [-0.39, 0.29) is 17.9 Å². The molecule has 23 heavy (non-hydrogen) atoms. The molecule has 0 bridgehead atoms. The minimum Gasteiger partial charge on any atom is -0.347 e. The lowest BCUT2D eigenvalue weighted by Gasteiger charge is -2.19. The van der Waals surface area contributed by atoms with E-state index < -0.39 is 0 Å². The van der Waals surface area contributed by atoms with Crippen LogP contribution in [0.25, 0.3) is 0 Å². The van der Waals surface area contributed by atoms with Gasteiger partial charge >= 0.3 is 0 Å². The molecular formula is C17H19N3O2S. The van der Waals surface area contributed by atoms with E-state index in [1.54, 1.807) is 10.3 Å². The zero-order valence-electron chi connectivity index (χ0n) is 13.0. The molecule has 1 saturated carbocycles. The number of thiazole rings is 1. The summed E-state index contributed by atoms with van der Waals surface area (Å²) in [7, 11) is 0. The molecule has 0 aliphatic heterocycles. The van der Waals surface area contributed by atoms with Crippen LogP contribution in [-0.4, -0.2) is 34.3 Å². The van der Waals surface area contributed by atoms with Crippen molar-refractivity contribution in [1.82, 2.24) is 15.2 Å². The fourth-order valence-corrected chi connectivity index (χ4v) is 2.94. The molecule has 3 rings (SSSR count). The predicted octanol–water partition coefficient (Wildman–Crippen LogP) is 2.70. The molecule has 0 spiro atoms. The first-order chi connectivity index (χ1) is 11.2. The molecule has 1 aliphatic rings. The molecule has 0 radical (unpaired) electrons. The molecular weight excluding hydrogens is 310 g/mol. The summed E-state index contributed by atoms with van der Waals surface area (Å²) in [5, 5.41) is 4.91. The molecule has 6 heteroatoms. The van der Waals surface area contributed by atoms with Gasteiger partial charge in [-0.05, 0) is 25.3 Å². The molecule has 0 saturated heterocycles. The summed E-state index contributed by atoms with van der Waals surface area (Å²) in [6, 6.07) is 10.1. The average molecular weight is 329 g/mol. The highest BCUT2D eigenvalue weighted by Crippen LogP contribution is 2.20. The second-order valence-electron chi connectivity index (χ2n) is 5.59. The molecule has 1 N–H and O–H groups in total. The summed E-state index contributed by atoms with van der Waals surface area (Å²) in [5.74, 6) is -0.319. The lowest BCUT2D eigenvalue weighted by Crippen LogP contribution is -2.31. The lowest BCUT2D eigenvalue weighted by molar-refractivity contribution is 0.0747. The number of amides is 2. The zero-order chi connectivity index (χ0) is 16.2. The van der Waals surface area contributed by atoms with E-state index in [0.29, 0.717) is 23.8 Å². The Morgan fingerprint density at radius 1 is 1.30 bits per heavy atom. The van der Waals surface area contributed by atoms with Crippen molar-refractivity contribution in [2.45, 2.75) is 32.4 Å². The highest BCUT2D eigenvalue weighted by atomic mass is 32.1. The average Bonchev–Trinajstić information content (AvgIpc) is 3.25. The standard InChI is InChI=1S/C17H19N3O2S/c1-2-20(10-12-6-4-3-5-7-12)17(22)14-11-23-16(19-14)15(21)18-13-8-9-13/h3-7,11,13H,2,8-10H2,1H3,(H,18,21). The van der Waals surface area contributed by atoms with E-state index in [9.17, 15) is 9.59 Å². The largest absolute Gasteiger partial charge is 0.347 e. The van der Waals surface area contributed by atoms with Crippen molar-refractivity contribution in [3.8, 4) is 0 Å². The van der Waals surface area contributed by atoms with Crippen LogP contribution in [0.5, 0.6) is 0 Å². The normalized spacial score (nSPS) is 13.6. The molecule has 1 heterocycles. The number of carbonyl (C=O) groups is 2. The van der Waals surface area contributed by atoms with Gasteiger partial charge in [0.2, 0.25) is 0 Å². The van der Waals surface area contributed by atoms with Crippen molar-refractivity contribution >= 4 is 23.2 Å². The van der Waals surface area contributed by atoms with Gasteiger partial charge in [-0.2, -0.15) is 0 Å². The van der Waals surface area contributed by atoms with Gasteiger partial charge in [-0.15, -0.1) is 11.3 Å². The van der Waals surface area contributed by atoms with Crippen LogP contribution in [0.1, 0.15) is 45.6 Å². The minimum absolute atomic E-state index is 0.141. The van der Waals surface area contributed by atoms with Gasteiger partial charge in [0.25, 0.3) is 11.8 Å². The first kappa shape index (κ1) is 15.7. The Bertz CT molecular complexity index is 695. The van der Waals surface area contributed by atoms with E-state index in [0.717, 1.165) is 18.4 Å². The van der Waals surface area contributed by atoms with Crippen LogP contribution in [0, 0.1) is 0 Å². The fourth-order valence-electron chi connectivity index (χ4n) is 2.24. The van der Waals surface area contributed by atoms with Gasteiger partial charge in [-0.3, -0.25) is 9.59 Å². The van der Waals surface area contributed by atoms with Gasteiger partial charge in [-0.1, -0.05) is 30.3 Å². The topological polar surface area (TPSA) is 62.3 Å². The van der Waals surface area contributed by atoms with E-state index in [1.807, 2.05) is 37.3 Å². The number of hydrogen-bond acceptors (Lipinski definition) is 4. The predicted molar refractivity (Wildman–Crippen MR) is 89.5 cm³/mol. The summed E-state index contributed by atoms with van der Waals surface area (Å²) in [4.78, 5) is 30.5. The zero-order valence-corrected chi connectivity index (χ0v) is 13.8. The number of nitrogens with one attached hydrogen (secondary N) is 1. The van der Waals surface area contributed by atoms with Gasteiger partial charge in [0.05, 0.1) is 0 Å². The van der Waals surface area contributed by atoms with E-state index in [1.165, 1.54) is 11.3 Å². The molecule has 1 aromatic carbocycles. The molecule has 1 aliphatic carbocycles. The van der Waals surface area contributed by atoms with Crippen molar-refractivity contribution < 1.29 is 9.59 Å². The van der Waals surface area contributed by atoms with Crippen LogP contribution in [0.2, 0.25) is 0 Å². The van der Waals surface area contributed by atoms with Crippen LogP contribution < -0.4 is 5.32 Å². The van der Waals surface area contributed by atoms with Gasteiger partial charge in [-0.25, -0.2) is 4.98 Å². The fraction of sp³-hybridized carbons (Fsp3) is 0.353. The highest BCUT2D eigenvalue weighted by Gasteiger charge is 2.26. The number of carbonyl (C=O) groups excluding carboxylic acids is 2. The van der Waals surface area contributed by atoms with Gasteiger partial charge in [0, 0.05) is 24.5 Å². The summed E-state index contributed by atoms with van der Waals surface area (Å²) in [6.07, 6.45) is 2.06. The molecule has 1 aromatic heterocycles. The smallest absolute Gasteiger partial charge is 0.280 e. The number of nitrogens with zero attached hydrogens (tertiary/aromatic N) is 2. The molecule has 0 unspecified atom stereocenters. The quantitative estimate of drug-likeness (QED) is 0.886. The summed E-state index contributed by atoms with van der Waals surface area (Å²) < 4.78 is 0. The maximum absolute atomic E-state index is 12.6. The van der Waals surface area contributed by atoms with E-state index in [4.69, 9.17) is 0 Å². The monoisotopic (exact) mass is 329 g/mol. The first-order valence-electron chi connectivity index (χ1n) is 7.77. The Hall–Kier alpha value is -2.21. The van der Waals surface area contributed by atoms with Crippen molar-refractivity contribution in [3.05, 3.63) is 52.0 Å². The third kappa shape index (κ3) is 3.96. The maximum Gasteiger partial charge on any atom is 0.280 e. The van der Waals surface area contributed by atoms with Gasteiger partial charge in [0.1, 0.15) is 5.69 Å². The molecule has 2 aromatic rings.